The molecule has 1 aromatic rings. The zero-order valence-electron chi connectivity index (χ0n) is 10.3. The molecule has 1 N–H and O–H groups in total. The molecule has 1 aliphatic rings. The normalized spacial score (nSPS) is 21.4. The van der Waals surface area contributed by atoms with Crippen molar-refractivity contribution in [2.45, 2.75) is 32.2 Å². The highest BCUT2D eigenvalue weighted by molar-refractivity contribution is 6.30. The minimum atomic E-state index is 0.401. The molecule has 2 unspecified atom stereocenters. The topological polar surface area (TPSA) is 12.0 Å². The highest BCUT2D eigenvalue weighted by Crippen LogP contribution is 2.20. The first kappa shape index (κ1) is 12.7. The van der Waals surface area contributed by atoms with E-state index >= 15 is 0 Å². The molecule has 1 aliphatic carbocycles. The Morgan fingerprint density at radius 2 is 2.06 bits per heavy atom. The highest BCUT2D eigenvalue weighted by atomic mass is 35.5. The molecule has 0 radical (unpaired) electrons. The molecule has 0 aromatic heterocycles. The van der Waals surface area contributed by atoms with Crippen molar-refractivity contribution in [3.63, 3.8) is 0 Å². The third-order valence-electron chi connectivity index (χ3n) is 3.46. The Balaban J connectivity index is 1.82. The van der Waals surface area contributed by atoms with Crippen LogP contribution in [0.2, 0.25) is 5.02 Å². The quantitative estimate of drug-likeness (QED) is 0.783. The summed E-state index contributed by atoms with van der Waals surface area (Å²) < 4.78 is 0. The average Bonchev–Trinajstić information content (AvgIpc) is 2.38. The van der Waals surface area contributed by atoms with Crippen LogP contribution in [-0.2, 0) is 0 Å². The molecule has 0 amide bonds. The van der Waals surface area contributed by atoms with Gasteiger partial charge in [0.05, 0.1) is 0 Å². The summed E-state index contributed by atoms with van der Waals surface area (Å²) in [5.74, 6) is 0.801. The predicted octanol–water partition coefficient (Wildman–Crippen LogP) is 4.35. The largest absolute Gasteiger partial charge is 0.310 e. The van der Waals surface area contributed by atoms with Gasteiger partial charge in [0.15, 0.2) is 0 Å². The smallest absolute Gasteiger partial charge is 0.0406 e. The molecule has 2 rings (SSSR count). The molecule has 1 aromatic carbocycles. The van der Waals surface area contributed by atoms with E-state index in [1.54, 1.807) is 0 Å². The molecule has 0 heterocycles. The number of benzene rings is 1. The molecule has 92 valence electrons. The van der Waals surface area contributed by atoms with E-state index in [0.717, 1.165) is 17.5 Å². The summed E-state index contributed by atoms with van der Waals surface area (Å²) in [7, 11) is 0. The summed E-state index contributed by atoms with van der Waals surface area (Å²) in [6.07, 6.45) is 8.38. The first-order chi connectivity index (χ1) is 8.25. The Labute approximate surface area is 109 Å². The molecular weight excluding hydrogens is 230 g/mol. The van der Waals surface area contributed by atoms with Gasteiger partial charge in [-0.25, -0.2) is 0 Å². The molecule has 0 bridgehead atoms. The monoisotopic (exact) mass is 249 g/mol. The first-order valence-corrected chi connectivity index (χ1v) is 6.77. The van der Waals surface area contributed by atoms with Crippen LogP contribution in [0, 0.1) is 5.92 Å². The molecule has 0 saturated heterocycles. The Hall–Kier alpha value is -0.790. The molecule has 0 fully saturated rings. The Kier molecular flexibility index (Phi) is 4.64. The van der Waals surface area contributed by atoms with Crippen molar-refractivity contribution in [2.75, 3.05) is 6.54 Å². The van der Waals surface area contributed by atoms with Crippen LogP contribution in [0.1, 0.15) is 37.8 Å². The van der Waals surface area contributed by atoms with Crippen LogP contribution in [0.3, 0.4) is 0 Å². The molecule has 0 spiro atoms. The van der Waals surface area contributed by atoms with Crippen molar-refractivity contribution in [3.8, 4) is 0 Å². The number of allylic oxidation sites excluding steroid dienone is 2. The second kappa shape index (κ2) is 6.23. The number of nitrogens with one attached hydrogen (secondary N) is 1. The van der Waals surface area contributed by atoms with Crippen molar-refractivity contribution in [1.82, 2.24) is 5.32 Å². The molecule has 0 saturated carbocycles. The van der Waals surface area contributed by atoms with Gasteiger partial charge < -0.3 is 5.32 Å². The van der Waals surface area contributed by atoms with Gasteiger partial charge in [0, 0.05) is 11.1 Å². The average molecular weight is 250 g/mol. The Morgan fingerprint density at radius 1 is 1.29 bits per heavy atom. The van der Waals surface area contributed by atoms with E-state index in [2.05, 4.69) is 36.5 Å². The fourth-order valence-corrected chi connectivity index (χ4v) is 2.38. The van der Waals surface area contributed by atoms with Crippen LogP contribution in [0.25, 0.3) is 0 Å². The van der Waals surface area contributed by atoms with Crippen molar-refractivity contribution in [3.05, 3.63) is 47.0 Å². The van der Waals surface area contributed by atoms with Crippen LogP contribution >= 0.6 is 11.6 Å². The lowest BCUT2D eigenvalue weighted by Crippen LogP contribution is -2.26. The summed E-state index contributed by atoms with van der Waals surface area (Å²) in [4.78, 5) is 0. The van der Waals surface area contributed by atoms with Crippen LogP contribution in [0.5, 0.6) is 0 Å². The molecule has 1 nitrogen and oxygen atoms in total. The predicted molar refractivity (Wildman–Crippen MR) is 74.4 cm³/mol. The van der Waals surface area contributed by atoms with Gasteiger partial charge in [-0.1, -0.05) is 35.9 Å². The van der Waals surface area contributed by atoms with Gasteiger partial charge in [-0.2, -0.15) is 0 Å². The number of rotatable bonds is 4. The standard InChI is InChI=1S/C15H20ClN/c1-12(14-7-9-15(16)10-8-14)17-11-13-5-3-2-4-6-13/h2-3,7-10,12-13,17H,4-6,11H2,1H3. The third-order valence-corrected chi connectivity index (χ3v) is 3.71. The fraction of sp³-hybridized carbons (Fsp3) is 0.467. The van der Waals surface area contributed by atoms with Crippen molar-refractivity contribution < 1.29 is 0 Å². The molecule has 0 aliphatic heterocycles. The van der Waals surface area contributed by atoms with E-state index in [9.17, 15) is 0 Å². The van der Waals surface area contributed by atoms with Crippen molar-refractivity contribution in [2.24, 2.45) is 5.92 Å². The zero-order valence-corrected chi connectivity index (χ0v) is 11.1. The molecular formula is C15H20ClN. The maximum Gasteiger partial charge on any atom is 0.0406 e. The van der Waals surface area contributed by atoms with E-state index < -0.39 is 0 Å². The molecule has 2 atom stereocenters. The minimum Gasteiger partial charge on any atom is -0.310 e. The van der Waals surface area contributed by atoms with Crippen LogP contribution in [0.4, 0.5) is 0 Å². The highest BCUT2D eigenvalue weighted by Gasteiger charge is 2.11. The van der Waals surface area contributed by atoms with E-state index in [1.807, 2.05) is 12.1 Å². The summed E-state index contributed by atoms with van der Waals surface area (Å²) in [6.45, 7) is 3.32. The second-order valence-electron chi connectivity index (χ2n) is 4.83. The maximum atomic E-state index is 5.89. The van der Waals surface area contributed by atoms with Gasteiger partial charge in [-0.3, -0.25) is 0 Å². The lowest BCUT2D eigenvalue weighted by molar-refractivity contribution is 0.415. The van der Waals surface area contributed by atoms with Crippen molar-refractivity contribution >= 4 is 11.6 Å². The van der Waals surface area contributed by atoms with E-state index in [-0.39, 0.29) is 0 Å². The summed E-state index contributed by atoms with van der Waals surface area (Å²) in [5, 5.41) is 4.42. The second-order valence-corrected chi connectivity index (χ2v) is 5.27. The summed E-state index contributed by atoms with van der Waals surface area (Å²) in [5.41, 5.74) is 1.31. The van der Waals surface area contributed by atoms with E-state index in [1.165, 1.54) is 24.8 Å². The number of hydrogen-bond acceptors (Lipinski definition) is 1. The van der Waals surface area contributed by atoms with Gasteiger partial charge in [0.25, 0.3) is 0 Å². The van der Waals surface area contributed by atoms with Gasteiger partial charge in [-0.15, -0.1) is 0 Å². The first-order valence-electron chi connectivity index (χ1n) is 6.39. The maximum absolute atomic E-state index is 5.89. The van der Waals surface area contributed by atoms with Crippen molar-refractivity contribution in [1.29, 1.82) is 0 Å². The number of halogens is 1. The van der Waals surface area contributed by atoms with Crippen LogP contribution < -0.4 is 5.32 Å². The zero-order chi connectivity index (χ0) is 12.1. The SMILES string of the molecule is CC(NCC1CC=CCC1)c1ccc(Cl)cc1. The third kappa shape index (κ3) is 3.86. The summed E-state index contributed by atoms with van der Waals surface area (Å²) in [6, 6.07) is 8.51. The Bertz CT molecular complexity index is 369. The van der Waals surface area contributed by atoms with E-state index in [4.69, 9.17) is 11.6 Å². The summed E-state index contributed by atoms with van der Waals surface area (Å²) >= 11 is 5.89. The molecule has 2 heteroatoms. The number of hydrogen-bond donors (Lipinski definition) is 1. The minimum absolute atomic E-state index is 0.401. The van der Waals surface area contributed by atoms with Gasteiger partial charge >= 0.3 is 0 Å². The molecule has 17 heavy (non-hydrogen) atoms. The van der Waals surface area contributed by atoms with Gasteiger partial charge in [0.2, 0.25) is 0 Å². The van der Waals surface area contributed by atoms with Crippen LogP contribution in [0.15, 0.2) is 36.4 Å². The fourth-order valence-electron chi connectivity index (χ4n) is 2.25. The van der Waals surface area contributed by atoms with Gasteiger partial charge in [0.1, 0.15) is 0 Å². The lowest BCUT2D eigenvalue weighted by atomic mass is 9.94. The van der Waals surface area contributed by atoms with Gasteiger partial charge in [-0.05, 0) is 56.3 Å². The Morgan fingerprint density at radius 3 is 2.71 bits per heavy atom. The van der Waals surface area contributed by atoms with E-state index in [0.29, 0.717) is 6.04 Å². The lowest BCUT2D eigenvalue weighted by Gasteiger charge is -2.21. The van der Waals surface area contributed by atoms with Crippen LogP contribution in [-0.4, -0.2) is 6.54 Å².